The minimum atomic E-state index is -0.491. The highest BCUT2D eigenvalue weighted by molar-refractivity contribution is 5.89. The highest BCUT2D eigenvalue weighted by Gasteiger charge is 2.20. The van der Waals surface area contributed by atoms with E-state index in [1.807, 2.05) is 0 Å². The molecule has 0 amide bonds. The smallest absolute Gasteiger partial charge is 0.202 e. The molecule has 46 valence electrons. The Bertz CT molecular complexity index is 89.2. The average Bonchev–Trinajstić information content (AvgIpc) is 1.62. The molecule has 0 bridgehead atoms. The minimum absolute atomic E-state index is 0.363. The van der Waals surface area contributed by atoms with E-state index >= 15 is 0 Å². The lowest BCUT2D eigenvalue weighted by Crippen LogP contribution is -2.19. The van der Waals surface area contributed by atoms with Crippen LogP contribution in [0.3, 0.4) is 0 Å². The number of hydrogen-bond donors (Lipinski definition) is 1. The van der Waals surface area contributed by atoms with Gasteiger partial charge >= 0.3 is 0 Å². The molecular weight excluding hydrogens is 104 g/mol. The molecule has 2 heteroatoms. The molecule has 0 unspecified atom stereocenters. The van der Waals surface area contributed by atoms with E-state index in [9.17, 15) is 4.79 Å². The van der Waals surface area contributed by atoms with Crippen molar-refractivity contribution in [2.24, 2.45) is 5.41 Å². The topological polar surface area (TPSA) is 37.3 Å². The maximum atomic E-state index is 10.5. The van der Waals surface area contributed by atoms with Gasteiger partial charge in [-0.2, -0.15) is 0 Å². The summed E-state index contributed by atoms with van der Waals surface area (Å²) in [6, 6.07) is 0. The second kappa shape index (κ2) is 2.27. The standard InChI is InChI=1S/C6H10O2/c1-6(2,3)5(8)4-7/h7H,1-3H3. The number of carbonyl (C=O) groups excluding carboxylic acids is 1. The number of aliphatic hydroxyl groups is 1. The molecule has 0 fully saturated rings. The Morgan fingerprint density at radius 2 is 1.88 bits per heavy atom. The summed E-state index contributed by atoms with van der Waals surface area (Å²) < 4.78 is 0. The van der Waals surface area contributed by atoms with Crippen molar-refractivity contribution in [1.29, 1.82) is 0 Å². The third-order valence-corrected chi connectivity index (χ3v) is 0.783. The largest absolute Gasteiger partial charge is 0.376 e. The Labute approximate surface area is 49.5 Å². The fraction of sp³-hybridized carbons (Fsp3) is 0.667. The van der Waals surface area contributed by atoms with Crippen molar-refractivity contribution >= 4 is 5.78 Å². The van der Waals surface area contributed by atoms with Crippen molar-refractivity contribution in [1.82, 2.24) is 0 Å². The van der Waals surface area contributed by atoms with Gasteiger partial charge in [-0.15, -0.1) is 0 Å². The number of carbonyl (C=O) groups is 1. The van der Waals surface area contributed by atoms with E-state index in [1.165, 1.54) is 0 Å². The fourth-order valence-corrected chi connectivity index (χ4v) is 0.168. The van der Waals surface area contributed by atoms with Gasteiger partial charge in [0, 0.05) is 5.41 Å². The fourth-order valence-electron chi connectivity index (χ4n) is 0.168. The monoisotopic (exact) mass is 114 g/mol. The number of Topliss-reactive ketones (excluding diaryl/α,β-unsaturated/α-hetero) is 1. The molecule has 0 aromatic carbocycles. The highest BCUT2D eigenvalue weighted by atomic mass is 16.3. The Morgan fingerprint density at radius 3 is 1.88 bits per heavy atom. The van der Waals surface area contributed by atoms with Crippen LogP contribution in [0.1, 0.15) is 20.8 Å². The van der Waals surface area contributed by atoms with E-state index in [0.717, 1.165) is 0 Å². The van der Waals surface area contributed by atoms with Crippen molar-refractivity contribution in [3.05, 3.63) is 6.61 Å². The van der Waals surface area contributed by atoms with Crippen molar-refractivity contribution in [3.63, 3.8) is 0 Å². The molecule has 2 nitrogen and oxygen atoms in total. The zero-order valence-corrected chi connectivity index (χ0v) is 5.36. The van der Waals surface area contributed by atoms with Gasteiger partial charge in [0.1, 0.15) is 0 Å². The van der Waals surface area contributed by atoms with E-state index in [1.54, 1.807) is 27.4 Å². The number of hydrogen-bond acceptors (Lipinski definition) is 2. The van der Waals surface area contributed by atoms with E-state index in [-0.39, 0.29) is 5.78 Å². The van der Waals surface area contributed by atoms with Crippen LogP contribution in [-0.4, -0.2) is 10.9 Å². The molecule has 0 rings (SSSR count). The lowest BCUT2D eigenvalue weighted by Gasteiger charge is -2.12. The van der Waals surface area contributed by atoms with Gasteiger partial charge in [-0.1, -0.05) is 20.8 Å². The zero-order chi connectivity index (χ0) is 6.78. The molecule has 0 aromatic rings. The zero-order valence-electron chi connectivity index (χ0n) is 5.36. The van der Waals surface area contributed by atoms with Crippen LogP contribution in [-0.2, 0) is 4.79 Å². The number of rotatable bonds is 1. The van der Waals surface area contributed by atoms with Gasteiger partial charge in [-0.25, -0.2) is 0 Å². The molecule has 0 aliphatic carbocycles. The minimum Gasteiger partial charge on any atom is -0.376 e. The first-order chi connectivity index (χ1) is 3.48. The normalized spacial score (nSPS) is 11.5. The predicted molar refractivity (Wildman–Crippen MR) is 29.6 cm³/mol. The van der Waals surface area contributed by atoms with E-state index in [2.05, 4.69) is 0 Å². The molecule has 1 N–H and O–H groups in total. The van der Waals surface area contributed by atoms with E-state index in [4.69, 9.17) is 5.11 Å². The molecule has 0 atom stereocenters. The van der Waals surface area contributed by atoms with Crippen LogP contribution in [0.5, 0.6) is 0 Å². The van der Waals surface area contributed by atoms with Gasteiger partial charge in [-0.3, -0.25) is 4.79 Å². The molecule has 0 heterocycles. The van der Waals surface area contributed by atoms with Gasteiger partial charge < -0.3 is 5.11 Å². The summed E-state index contributed by atoms with van der Waals surface area (Å²) in [6.07, 6.45) is 0. The molecular formula is C6H10O2. The Kier molecular flexibility index (Phi) is 2.16. The first kappa shape index (κ1) is 7.63. The second-order valence-corrected chi connectivity index (χ2v) is 2.69. The van der Waals surface area contributed by atoms with Gasteiger partial charge in [0.2, 0.25) is 6.61 Å². The SMILES string of the molecule is CC(C)(C)C(=O)[C]O. The molecule has 0 aliphatic rings. The summed E-state index contributed by atoms with van der Waals surface area (Å²) >= 11 is 0. The average molecular weight is 114 g/mol. The maximum absolute atomic E-state index is 10.5. The third kappa shape index (κ3) is 2.07. The number of ketones is 1. The molecule has 0 aliphatic heterocycles. The molecule has 0 spiro atoms. The van der Waals surface area contributed by atoms with Crippen molar-refractivity contribution in [3.8, 4) is 0 Å². The van der Waals surface area contributed by atoms with Crippen molar-refractivity contribution < 1.29 is 9.90 Å². The Hall–Kier alpha value is -0.370. The van der Waals surface area contributed by atoms with E-state index in [0.29, 0.717) is 0 Å². The van der Waals surface area contributed by atoms with Crippen molar-refractivity contribution in [2.45, 2.75) is 20.8 Å². The summed E-state index contributed by atoms with van der Waals surface area (Å²) in [5.74, 6) is -0.363. The molecule has 8 heavy (non-hydrogen) atoms. The van der Waals surface area contributed by atoms with Gasteiger partial charge in [0.25, 0.3) is 0 Å². The summed E-state index contributed by atoms with van der Waals surface area (Å²) in [5, 5.41) is 8.07. The van der Waals surface area contributed by atoms with Crippen LogP contribution in [0.25, 0.3) is 0 Å². The summed E-state index contributed by atoms with van der Waals surface area (Å²) in [7, 11) is 0. The second-order valence-electron chi connectivity index (χ2n) is 2.69. The lowest BCUT2D eigenvalue weighted by atomic mass is 9.91. The maximum Gasteiger partial charge on any atom is 0.202 e. The summed E-state index contributed by atoms with van der Waals surface area (Å²) in [5.41, 5.74) is -0.491. The molecule has 0 saturated carbocycles. The van der Waals surface area contributed by atoms with Crippen LogP contribution in [0.2, 0.25) is 0 Å². The first-order valence-electron chi connectivity index (χ1n) is 2.43. The first-order valence-corrected chi connectivity index (χ1v) is 2.43. The van der Waals surface area contributed by atoms with Crippen LogP contribution in [0, 0.1) is 12.0 Å². The van der Waals surface area contributed by atoms with Gasteiger partial charge in [0.05, 0.1) is 0 Å². The lowest BCUT2D eigenvalue weighted by molar-refractivity contribution is -0.125. The molecule has 0 aromatic heterocycles. The number of aliphatic hydroxyl groups excluding tert-OH is 1. The van der Waals surface area contributed by atoms with Crippen LogP contribution in [0.15, 0.2) is 0 Å². The molecule has 0 saturated heterocycles. The molecule has 2 radical (unpaired) electrons. The Balaban J connectivity index is 3.82. The third-order valence-electron chi connectivity index (χ3n) is 0.783. The van der Waals surface area contributed by atoms with Crippen LogP contribution >= 0.6 is 0 Å². The van der Waals surface area contributed by atoms with Crippen LogP contribution < -0.4 is 0 Å². The van der Waals surface area contributed by atoms with Crippen molar-refractivity contribution in [2.75, 3.05) is 0 Å². The van der Waals surface area contributed by atoms with E-state index < -0.39 is 5.41 Å². The van der Waals surface area contributed by atoms with Gasteiger partial charge in [0.15, 0.2) is 5.78 Å². The Morgan fingerprint density at radius 1 is 1.50 bits per heavy atom. The van der Waals surface area contributed by atoms with Crippen LogP contribution in [0.4, 0.5) is 0 Å². The highest BCUT2D eigenvalue weighted by Crippen LogP contribution is 2.14. The summed E-state index contributed by atoms with van der Waals surface area (Å²) in [4.78, 5) is 10.5. The van der Waals surface area contributed by atoms with Gasteiger partial charge in [-0.05, 0) is 0 Å². The quantitative estimate of drug-likeness (QED) is 0.552. The summed E-state index contributed by atoms with van der Waals surface area (Å²) in [6.45, 7) is 6.73. The predicted octanol–water partition coefficient (Wildman–Crippen LogP) is 1.01.